The second-order valence-electron chi connectivity index (χ2n) is 4.21. The Balaban J connectivity index is 0.00000162. The summed E-state index contributed by atoms with van der Waals surface area (Å²) in [6.45, 7) is 0.780. The molecule has 1 aliphatic rings. The zero-order chi connectivity index (χ0) is 12.1. The third-order valence-corrected chi connectivity index (χ3v) is 3.00. The maximum Gasteiger partial charge on any atom is 0.234 e. The third kappa shape index (κ3) is 3.70. The van der Waals surface area contributed by atoms with E-state index in [0.717, 1.165) is 25.0 Å². The van der Waals surface area contributed by atoms with Crippen LogP contribution in [0.1, 0.15) is 24.4 Å². The van der Waals surface area contributed by atoms with Crippen LogP contribution in [0.3, 0.4) is 0 Å². The highest BCUT2D eigenvalue weighted by atomic mass is 35.5. The quantitative estimate of drug-likeness (QED) is 0.869. The van der Waals surface area contributed by atoms with Crippen LogP contribution < -0.4 is 11.1 Å². The first-order valence-corrected chi connectivity index (χ1v) is 5.97. The molecule has 100 valence electrons. The summed E-state index contributed by atoms with van der Waals surface area (Å²) in [7, 11) is 0. The molecular weight excluding hydrogens is 252 g/mol. The molecular formula is C13H19ClN2O2. The highest BCUT2D eigenvalue weighted by Gasteiger charge is 2.28. The molecule has 5 heteroatoms. The summed E-state index contributed by atoms with van der Waals surface area (Å²) in [6, 6.07) is 9.81. The van der Waals surface area contributed by atoms with E-state index in [0.29, 0.717) is 0 Å². The first-order chi connectivity index (χ1) is 8.31. The molecule has 0 radical (unpaired) electrons. The number of benzene rings is 1. The Bertz CT molecular complexity index is 367. The van der Waals surface area contributed by atoms with Crippen LogP contribution >= 0.6 is 12.4 Å². The third-order valence-electron chi connectivity index (χ3n) is 3.00. The lowest BCUT2D eigenvalue weighted by Crippen LogP contribution is -2.39. The molecule has 1 heterocycles. The summed E-state index contributed by atoms with van der Waals surface area (Å²) in [5, 5.41) is 2.94. The van der Waals surface area contributed by atoms with Gasteiger partial charge in [0.15, 0.2) is 0 Å². The van der Waals surface area contributed by atoms with Gasteiger partial charge in [0, 0.05) is 6.61 Å². The van der Waals surface area contributed by atoms with Crippen molar-refractivity contribution in [2.45, 2.75) is 25.0 Å². The van der Waals surface area contributed by atoms with Gasteiger partial charge < -0.3 is 15.8 Å². The number of nitrogens with two attached hydrogens (primary N) is 1. The van der Waals surface area contributed by atoms with Gasteiger partial charge in [-0.2, -0.15) is 0 Å². The van der Waals surface area contributed by atoms with Crippen LogP contribution in [-0.4, -0.2) is 25.2 Å². The van der Waals surface area contributed by atoms with Crippen LogP contribution in [0.4, 0.5) is 0 Å². The van der Waals surface area contributed by atoms with E-state index in [1.807, 2.05) is 30.3 Å². The van der Waals surface area contributed by atoms with Crippen molar-refractivity contribution in [1.29, 1.82) is 0 Å². The Kier molecular flexibility index (Phi) is 6.12. The van der Waals surface area contributed by atoms with Crippen molar-refractivity contribution in [3.8, 4) is 0 Å². The minimum absolute atomic E-state index is 0. The van der Waals surface area contributed by atoms with Crippen molar-refractivity contribution < 1.29 is 9.53 Å². The van der Waals surface area contributed by atoms with Crippen molar-refractivity contribution >= 4 is 18.3 Å². The van der Waals surface area contributed by atoms with Gasteiger partial charge in [0.1, 0.15) is 0 Å². The molecule has 1 amide bonds. The molecule has 2 unspecified atom stereocenters. The molecule has 0 aromatic heterocycles. The largest absolute Gasteiger partial charge is 0.376 e. The molecule has 0 bridgehead atoms. The Morgan fingerprint density at radius 3 is 2.72 bits per heavy atom. The topological polar surface area (TPSA) is 64.4 Å². The summed E-state index contributed by atoms with van der Waals surface area (Å²) in [6.07, 6.45) is 2.09. The molecule has 2 atom stereocenters. The Morgan fingerprint density at radius 2 is 2.17 bits per heavy atom. The lowest BCUT2D eigenvalue weighted by Gasteiger charge is -2.24. The second-order valence-corrected chi connectivity index (χ2v) is 4.21. The number of halogens is 1. The standard InChI is InChI=1S/C13H18N2O2.ClH/c14-9-12(16)15-13(11-7-4-8-17-11)10-5-2-1-3-6-10;/h1-3,5-6,11,13H,4,7-9,14H2,(H,15,16);1H. The molecule has 0 spiro atoms. The van der Waals surface area contributed by atoms with Gasteiger partial charge in [-0.1, -0.05) is 30.3 Å². The molecule has 2 rings (SSSR count). The van der Waals surface area contributed by atoms with Crippen LogP contribution in [0.5, 0.6) is 0 Å². The molecule has 1 aliphatic heterocycles. The molecule has 0 aliphatic carbocycles. The number of ether oxygens (including phenoxy) is 1. The summed E-state index contributed by atoms with van der Waals surface area (Å²) < 4.78 is 5.66. The summed E-state index contributed by atoms with van der Waals surface area (Å²) in [4.78, 5) is 11.5. The van der Waals surface area contributed by atoms with E-state index in [1.165, 1.54) is 0 Å². The van der Waals surface area contributed by atoms with Crippen LogP contribution in [-0.2, 0) is 9.53 Å². The minimum Gasteiger partial charge on any atom is -0.376 e. The average molecular weight is 271 g/mol. The molecule has 1 aromatic carbocycles. The Labute approximate surface area is 113 Å². The van der Waals surface area contributed by atoms with Gasteiger partial charge in [0.05, 0.1) is 18.7 Å². The summed E-state index contributed by atoms with van der Waals surface area (Å²) in [5.41, 5.74) is 6.41. The lowest BCUT2D eigenvalue weighted by molar-refractivity contribution is -0.121. The Morgan fingerprint density at radius 1 is 1.44 bits per heavy atom. The number of rotatable bonds is 4. The maximum atomic E-state index is 11.5. The van der Waals surface area contributed by atoms with E-state index in [4.69, 9.17) is 10.5 Å². The van der Waals surface area contributed by atoms with Crippen LogP contribution in [0.15, 0.2) is 30.3 Å². The zero-order valence-corrected chi connectivity index (χ0v) is 11.0. The van der Waals surface area contributed by atoms with Crippen molar-refractivity contribution in [3.05, 3.63) is 35.9 Å². The monoisotopic (exact) mass is 270 g/mol. The van der Waals surface area contributed by atoms with Crippen LogP contribution in [0, 0.1) is 0 Å². The van der Waals surface area contributed by atoms with Gasteiger partial charge in [-0.3, -0.25) is 4.79 Å². The van der Waals surface area contributed by atoms with E-state index in [9.17, 15) is 4.79 Å². The van der Waals surface area contributed by atoms with Gasteiger partial charge in [0.25, 0.3) is 0 Å². The summed E-state index contributed by atoms with van der Waals surface area (Å²) >= 11 is 0. The van der Waals surface area contributed by atoms with E-state index >= 15 is 0 Å². The highest BCUT2D eigenvalue weighted by molar-refractivity contribution is 5.85. The molecule has 1 aromatic rings. The molecule has 3 N–H and O–H groups in total. The number of carbonyl (C=O) groups excluding carboxylic acids is 1. The molecule has 1 saturated heterocycles. The van der Waals surface area contributed by atoms with Crippen LogP contribution in [0.2, 0.25) is 0 Å². The predicted molar refractivity (Wildman–Crippen MR) is 72.6 cm³/mol. The fourth-order valence-corrected chi connectivity index (χ4v) is 2.15. The van der Waals surface area contributed by atoms with Crippen molar-refractivity contribution in [1.82, 2.24) is 5.32 Å². The van der Waals surface area contributed by atoms with Gasteiger partial charge in [0.2, 0.25) is 5.91 Å². The van der Waals surface area contributed by atoms with E-state index in [1.54, 1.807) is 0 Å². The maximum absolute atomic E-state index is 11.5. The van der Waals surface area contributed by atoms with Gasteiger partial charge in [-0.15, -0.1) is 12.4 Å². The van der Waals surface area contributed by atoms with E-state index < -0.39 is 0 Å². The average Bonchev–Trinajstić information content (AvgIpc) is 2.90. The highest BCUT2D eigenvalue weighted by Crippen LogP contribution is 2.26. The fraction of sp³-hybridized carbons (Fsp3) is 0.462. The van der Waals surface area contributed by atoms with Crippen molar-refractivity contribution in [3.63, 3.8) is 0 Å². The molecule has 0 saturated carbocycles. The number of amides is 1. The molecule has 1 fully saturated rings. The predicted octanol–water partition coefficient (Wildman–Crippen LogP) is 1.40. The smallest absolute Gasteiger partial charge is 0.234 e. The zero-order valence-electron chi connectivity index (χ0n) is 10.2. The molecule has 18 heavy (non-hydrogen) atoms. The SMILES string of the molecule is Cl.NCC(=O)NC(c1ccccc1)C1CCCO1. The first-order valence-electron chi connectivity index (χ1n) is 5.97. The van der Waals surface area contributed by atoms with Crippen molar-refractivity contribution in [2.75, 3.05) is 13.2 Å². The van der Waals surface area contributed by atoms with Gasteiger partial charge in [-0.25, -0.2) is 0 Å². The summed E-state index contributed by atoms with van der Waals surface area (Å²) in [5.74, 6) is -0.144. The van der Waals surface area contributed by atoms with Crippen molar-refractivity contribution in [2.24, 2.45) is 5.73 Å². The van der Waals surface area contributed by atoms with E-state index in [-0.39, 0.29) is 37.0 Å². The fourth-order valence-electron chi connectivity index (χ4n) is 2.15. The van der Waals surface area contributed by atoms with Gasteiger partial charge in [-0.05, 0) is 18.4 Å². The van der Waals surface area contributed by atoms with Crippen LogP contribution in [0.25, 0.3) is 0 Å². The molecule has 4 nitrogen and oxygen atoms in total. The second kappa shape index (κ2) is 7.36. The minimum atomic E-state index is -0.144. The number of hydrogen-bond acceptors (Lipinski definition) is 3. The van der Waals surface area contributed by atoms with Gasteiger partial charge >= 0.3 is 0 Å². The number of nitrogens with one attached hydrogen (secondary N) is 1. The first kappa shape index (κ1) is 15.0. The Hall–Kier alpha value is -1.10. The number of hydrogen-bond donors (Lipinski definition) is 2. The normalized spacial score (nSPS) is 19.9. The number of carbonyl (C=O) groups is 1. The lowest BCUT2D eigenvalue weighted by atomic mass is 9.99. The van der Waals surface area contributed by atoms with E-state index in [2.05, 4.69) is 5.32 Å².